The second kappa shape index (κ2) is 10.0. The van der Waals surface area contributed by atoms with Crippen molar-refractivity contribution in [3.63, 3.8) is 0 Å². The summed E-state index contributed by atoms with van der Waals surface area (Å²) in [5, 5.41) is 18.3. The van der Waals surface area contributed by atoms with E-state index in [0.717, 1.165) is 0 Å². The predicted molar refractivity (Wildman–Crippen MR) is 124 cm³/mol. The Morgan fingerprint density at radius 1 is 0.938 bits per heavy atom. The van der Waals surface area contributed by atoms with Crippen molar-refractivity contribution < 1.29 is 14.5 Å². The van der Waals surface area contributed by atoms with Crippen molar-refractivity contribution in [1.29, 1.82) is 0 Å². The molecule has 0 unspecified atom stereocenters. The summed E-state index contributed by atoms with van der Waals surface area (Å²) in [5.41, 5.74) is 4.35. The summed E-state index contributed by atoms with van der Waals surface area (Å²) in [4.78, 5) is 34.9. The zero-order valence-corrected chi connectivity index (χ0v) is 18.1. The van der Waals surface area contributed by atoms with E-state index in [9.17, 15) is 19.7 Å². The van der Waals surface area contributed by atoms with Crippen LogP contribution in [0.3, 0.4) is 0 Å². The molecule has 0 fully saturated rings. The monoisotopic (exact) mass is 470 g/mol. The fraction of sp³-hybridized carbons (Fsp3) is 0.0455. The van der Waals surface area contributed by atoms with Crippen molar-refractivity contribution in [1.82, 2.24) is 5.43 Å². The molecule has 32 heavy (non-hydrogen) atoms. The van der Waals surface area contributed by atoms with E-state index in [1.807, 2.05) is 0 Å². The van der Waals surface area contributed by atoms with E-state index in [2.05, 4.69) is 15.8 Å². The fourth-order valence-corrected chi connectivity index (χ4v) is 3.19. The van der Waals surface area contributed by atoms with Gasteiger partial charge in [-0.15, -0.1) is 0 Å². The van der Waals surface area contributed by atoms with Crippen molar-refractivity contribution in [2.45, 2.75) is 6.92 Å². The molecule has 0 aromatic heterocycles. The van der Waals surface area contributed by atoms with E-state index < -0.39 is 10.8 Å². The van der Waals surface area contributed by atoms with Crippen LogP contribution >= 0.6 is 23.2 Å². The lowest BCUT2D eigenvalue weighted by Gasteiger charge is -2.08. The highest BCUT2D eigenvalue weighted by Crippen LogP contribution is 2.22. The Morgan fingerprint density at radius 2 is 1.66 bits per heavy atom. The molecule has 0 heterocycles. The van der Waals surface area contributed by atoms with Gasteiger partial charge in [-0.3, -0.25) is 19.7 Å². The lowest BCUT2D eigenvalue weighted by molar-refractivity contribution is -0.384. The van der Waals surface area contributed by atoms with Gasteiger partial charge in [-0.05, 0) is 48.9 Å². The molecule has 0 radical (unpaired) electrons. The van der Waals surface area contributed by atoms with Gasteiger partial charge >= 0.3 is 0 Å². The first-order valence-electron chi connectivity index (χ1n) is 9.20. The van der Waals surface area contributed by atoms with E-state index in [1.165, 1.54) is 36.4 Å². The molecule has 0 saturated carbocycles. The number of nitrogens with zero attached hydrogens (tertiary/aromatic N) is 2. The van der Waals surface area contributed by atoms with Gasteiger partial charge in [-0.25, -0.2) is 5.43 Å². The SMILES string of the molecule is CC(=NNC(=O)c1cccc([N+](=O)[O-])c1)c1ccc(NC(=O)c2ccc(Cl)cc2Cl)cc1. The number of non-ortho nitro benzene ring substituents is 1. The molecule has 0 aliphatic rings. The molecule has 0 aliphatic carbocycles. The number of hydrogen-bond donors (Lipinski definition) is 2. The van der Waals surface area contributed by atoms with Crippen LogP contribution in [0.1, 0.15) is 33.2 Å². The molecule has 3 aromatic rings. The minimum atomic E-state index is -0.577. The standard InChI is InChI=1S/C22H16Cl2N4O4/c1-13(26-27-21(29)15-3-2-4-18(11-15)28(31)32)14-5-8-17(9-6-14)25-22(30)19-10-7-16(23)12-20(19)24/h2-12H,1H3,(H,25,30)(H,27,29). The van der Waals surface area contributed by atoms with Crippen LogP contribution in [-0.2, 0) is 0 Å². The van der Waals surface area contributed by atoms with E-state index in [-0.39, 0.29) is 22.2 Å². The first kappa shape index (κ1) is 22.9. The molecule has 3 aromatic carbocycles. The quantitative estimate of drug-likeness (QED) is 0.288. The van der Waals surface area contributed by atoms with E-state index in [0.29, 0.717) is 27.5 Å². The average molecular weight is 471 g/mol. The van der Waals surface area contributed by atoms with E-state index in [4.69, 9.17) is 23.2 Å². The number of carbonyl (C=O) groups is 2. The fourth-order valence-electron chi connectivity index (χ4n) is 2.69. The summed E-state index contributed by atoms with van der Waals surface area (Å²) < 4.78 is 0. The first-order chi connectivity index (χ1) is 15.2. The third kappa shape index (κ3) is 5.69. The number of amides is 2. The third-order valence-electron chi connectivity index (χ3n) is 4.38. The Morgan fingerprint density at radius 3 is 2.31 bits per heavy atom. The van der Waals surface area contributed by atoms with Crippen LogP contribution in [0, 0.1) is 10.1 Å². The zero-order chi connectivity index (χ0) is 23.3. The smallest absolute Gasteiger partial charge is 0.271 e. The van der Waals surface area contributed by atoms with Gasteiger partial charge in [-0.1, -0.05) is 41.4 Å². The van der Waals surface area contributed by atoms with E-state index >= 15 is 0 Å². The minimum absolute atomic E-state index is 0.120. The molecule has 0 bridgehead atoms. The Kier molecular flexibility index (Phi) is 7.19. The largest absolute Gasteiger partial charge is 0.322 e. The Labute approximate surface area is 193 Å². The van der Waals surface area contributed by atoms with Crippen molar-refractivity contribution in [3.8, 4) is 0 Å². The van der Waals surface area contributed by atoms with E-state index in [1.54, 1.807) is 37.3 Å². The molecule has 162 valence electrons. The predicted octanol–water partition coefficient (Wildman–Crippen LogP) is 5.31. The number of halogens is 2. The summed E-state index contributed by atoms with van der Waals surface area (Å²) in [6.07, 6.45) is 0. The zero-order valence-electron chi connectivity index (χ0n) is 16.6. The van der Waals surface area contributed by atoms with Crippen LogP contribution in [0.15, 0.2) is 71.8 Å². The molecule has 0 spiro atoms. The maximum absolute atomic E-state index is 12.4. The van der Waals surface area contributed by atoms with Crippen LogP contribution in [0.5, 0.6) is 0 Å². The molecule has 0 atom stereocenters. The highest BCUT2D eigenvalue weighted by Gasteiger charge is 2.12. The number of anilines is 1. The van der Waals surface area contributed by atoms with Crippen molar-refractivity contribution in [2.75, 3.05) is 5.32 Å². The van der Waals surface area contributed by atoms with Gasteiger partial charge in [0.15, 0.2) is 0 Å². The number of carbonyl (C=O) groups excluding carboxylic acids is 2. The number of hydrogen-bond acceptors (Lipinski definition) is 5. The topological polar surface area (TPSA) is 114 Å². The summed E-state index contributed by atoms with van der Waals surface area (Å²) >= 11 is 11.9. The molecular formula is C22H16Cl2N4O4. The summed E-state index contributed by atoms with van der Waals surface area (Å²) in [6, 6.07) is 16.7. The number of nitro groups is 1. The van der Waals surface area contributed by atoms with Gasteiger partial charge in [-0.2, -0.15) is 5.10 Å². The van der Waals surface area contributed by atoms with Gasteiger partial charge < -0.3 is 5.32 Å². The maximum Gasteiger partial charge on any atom is 0.271 e. The minimum Gasteiger partial charge on any atom is -0.322 e. The Bertz CT molecular complexity index is 1230. The Balaban J connectivity index is 1.65. The first-order valence-corrected chi connectivity index (χ1v) is 9.96. The second-order valence-electron chi connectivity index (χ2n) is 6.60. The normalized spacial score (nSPS) is 11.0. The lowest BCUT2D eigenvalue weighted by Crippen LogP contribution is -2.19. The Hall–Kier alpha value is -3.75. The summed E-state index contributed by atoms with van der Waals surface area (Å²) in [6.45, 7) is 1.69. The van der Waals surface area contributed by atoms with Gasteiger partial charge in [0, 0.05) is 28.4 Å². The molecule has 0 aliphatic heterocycles. The molecule has 10 heteroatoms. The lowest BCUT2D eigenvalue weighted by atomic mass is 10.1. The summed E-state index contributed by atoms with van der Waals surface area (Å²) in [7, 11) is 0. The number of rotatable bonds is 6. The van der Waals surface area contributed by atoms with Gasteiger partial charge in [0.2, 0.25) is 0 Å². The van der Waals surface area contributed by atoms with Crippen LogP contribution in [0.4, 0.5) is 11.4 Å². The molecule has 2 amide bonds. The van der Waals surface area contributed by atoms with Gasteiger partial charge in [0.05, 0.1) is 21.2 Å². The number of hydrazone groups is 1. The third-order valence-corrected chi connectivity index (χ3v) is 4.93. The van der Waals surface area contributed by atoms with Crippen molar-refractivity contribution >= 4 is 52.1 Å². The van der Waals surface area contributed by atoms with Crippen LogP contribution in [0.25, 0.3) is 0 Å². The number of nitro benzene ring substituents is 1. The average Bonchev–Trinajstić information content (AvgIpc) is 2.77. The van der Waals surface area contributed by atoms with Crippen LogP contribution in [-0.4, -0.2) is 22.4 Å². The van der Waals surface area contributed by atoms with Crippen LogP contribution < -0.4 is 10.7 Å². The second-order valence-corrected chi connectivity index (χ2v) is 7.44. The summed E-state index contributed by atoms with van der Waals surface area (Å²) in [5.74, 6) is -0.953. The molecule has 0 saturated heterocycles. The van der Waals surface area contributed by atoms with Crippen LogP contribution in [0.2, 0.25) is 10.0 Å². The molecular weight excluding hydrogens is 455 g/mol. The van der Waals surface area contributed by atoms with Crippen molar-refractivity contribution in [2.24, 2.45) is 5.10 Å². The molecule has 3 rings (SSSR count). The number of benzene rings is 3. The molecule has 2 N–H and O–H groups in total. The highest BCUT2D eigenvalue weighted by atomic mass is 35.5. The van der Waals surface area contributed by atoms with Gasteiger partial charge in [0.1, 0.15) is 0 Å². The van der Waals surface area contributed by atoms with Crippen molar-refractivity contribution in [3.05, 3.63) is 104 Å². The molecule has 8 nitrogen and oxygen atoms in total. The highest BCUT2D eigenvalue weighted by molar-refractivity contribution is 6.37. The maximum atomic E-state index is 12.4. The number of nitrogens with one attached hydrogen (secondary N) is 2. The van der Waals surface area contributed by atoms with Gasteiger partial charge in [0.25, 0.3) is 17.5 Å².